The quantitative estimate of drug-likeness (QED) is 0.849. The van der Waals surface area contributed by atoms with Crippen molar-refractivity contribution >= 4 is 5.69 Å². The van der Waals surface area contributed by atoms with E-state index in [0.29, 0.717) is 0 Å². The molecule has 0 atom stereocenters. The zero-order valence-corrected chi connectivity index (χ0v) is 10.2. The smallest absolute Gasteiger partial charge is 0.129 e. The van der Waals surface area contributed by atoms with Gasteiger partial charge in [-0.25, -0.2) is 0 Å². The highest BCUT2D eigenvalue weighted by molar-refractivity contribution is 5.48. The lowest BCUT2D eigenvalue weighted by Gasteiger charge is -2.08. The maximum Gasteiger partial charge on any atom is 0.129 e. The minimum absolute atomic E-state index is 0.852. The van der Waals surface area contributed by atoms with Gasteiger partial charge in [0.05, 0.1) is 0 Å². The number of nitrogens with one attached hydrogen (secondary N) is 1. The van der Waals surface area contributed by atoms with Crippen molar-refractivity contribution in [3.05, 3.63) is 54.1 Å². The van der Waals surface area contributed by atoms with E-state index in [0.717, 1.165) is 23.6 Å². The Bertz CT molecular complexity index is 448. The monoisotopic (exact) mass is 227 g/mol. The van der Waals surface area contributed by atoms with Gasteiger partial charge in [0.15, 0.2) is 0 Å². The van der Waals surface area contributed by atoms with E-state index in [1.807, 2.05) is 43.4 Å². The van der Waals surface area contributed by atoms with Gasteiger partial charge < -0.3 is 10.1 Å². The van der Waals surface area contributed by atoms with Crippen LogP contribution in [0.4, 0.5) is 5.69 Å². The van der Waals surface area contributed by atoms with Gasteiger partial charge in [0.2, 0.25) is 0 Å². The number of rotatable bonds is 4. The maximum atomic E-state index is 5.82. The summed E-state index contributed by atoms with van der Waals surface area (Å²) in [7, 11) is 1.90. The summed E-state index contributed by atoms with van der Waals surface area (Å²) in [5, 5.41) is 3.10. The minimum atomic E-state index is 0.852. The molecule has 0 aliphatic heterocycles. The molecule has 0 fully saturated rings. The average molecular weight is 227 g/mol. The third-order valence-electron chi connectivity index (χ3n) is 2.67. The predicted octanol–water partition coefficient (Wildman–Crippen LogP) is 4.08. The van der Waals surface area contributed by atoms with Crippen molar-refractivity contribution in [3.63, 3.8) is 0 Å². The van der Waals surface area contributed by atoms with Gasteiger partial charge in [-0.1, -0.05) is 25.1 Å². The number of aryl methyl sites for hydroxylation is 1. The molecule has 1 N–H and O–H groups in total. The van der Waals surface area contributed by atoms with Crippen LogP contribution in [0.25, 0.3) is 0 Å². The second-order valence-electron chi connectivity index (χ2n) is 3.88. The molecule has 17 heavy (non-hydrogen) atoms. The highest BCUT2D eigenvalue weighted by atomic mass is 16.5. The molecule has 0 aliphatic carbocycles. The molecule has 0 amide bonds. The summed E-state index contributed by atoms with van der Waals surface area (Å²) in [5.74, 6) is 1.74. The van der Waals surface area contributed by atoms with Crippen LogP contribution in [-0.4, -0.2) is 7.05 Å². The Balaban J connectivity index is 2.18. The van der Waals surface area contributed by atoms with Crippen molar-refractivity contribution in [2.75, 3.05) is 12.4 Å². The number of hydrogen-bond donors (Lipinski definition) is 1. The lowest BCUT2D eigenvalue weighted by molar-refractivity contribution is 0.482. The van der Waals surface area contributed by atoms with Crippen LogP contribution in [0.1, 0.15) is 12.5 Å². The second-order valence-corrected chi connectivity index (χ2v) is 3.88. The first-order chi connectivity index (χ1) is 8.31. The summed E-state index contributed by atoms with van der Waals surface area (Å²) in [6.45, 7) is 2.14. The molecular weight excluding hydrogens is 210 g/mol. The Morgan fingerprint density at radius 3 is 2.41 bits per heavy atom. The third-order valence-corrected chi connectivity index (χ3v) is 2.67. The fourth-order valence-corrected chi connectivity index (χ4v) is 1.68. The van der Waals surface area contributed by atoms with Gasteiger partial charge in [-0.3, -0.25) is 0 Å². The molecule has 0 aromatic heterocycles. The molecule has 0 unspecified atom stereocenters. The van der Waals surface area contributed by atoms with Crippen LogP contribution in [0, 0.1) is 0 Å². The van der Waals surface area contributed by atoms with Crippen molar-refractivity contribution in [1.29, 1.82) is 0 Å². The third kappa shape index (κ3) is 3.00. The second kappa shape index (κ2) is 5.39. The van der Waals surface area contributed by atoms with E-state index in [9.17, 15) is 0 Å². The van der Waals surface area contributed by atoms with E-state index in [1.165, 1.54) is 5.56 Å². The van der Waals surface area contributed by atoms with Crippen LogP contribution in [0.3, 0.4) is 0 Å². The molecule has 0 aliphatic rings. The van der Waals surface area contributed by atoms with Crippen LogP contribution >= 0.6 is 0 Å². The Labute approximate surface area is 102 Å². The van der Waals surface area contributed by atoms with Crippen LogP contribution in [-0.2, 0) is 6.42 Å². The molecule has 0 bridgehead atoms. The molecule has 2 heteroatoms. The molecule has 0 radical (unpaired) electrons. The van der Waals surface area contributed by atoms with Crippen molar-refractivity contribution in [3.8, 4) is 11.5 Å². The van der Waals surface area contributed by atoms with Gasteiger partial charge >= 0.3 is 0 Å². The highest BCUT2D eigenvalue weighted by Gasteiger charge is 1.99. The first kappa shape index (κ1) is 11.5. The van der Waals surface area contributed by atoms with Crippen LogP contribution < -0.4 is 10.1 Å². The summed E-state index contributed by atoms with van der Waals surface area (Å²) < 4.78 is 5.82. The van der Waals surface area contributed by atoms with Crippen LogP contribution in [0.5, 0.6) is 11.5 Å². The van der Waals surface area contributed by atoms with Crippen LogP contribution in [0.2, 0.25) is 0 Å². The van der Waals surface area contributed by atoms with Gasteiger partial charge in [0.25, 0.3) is 0 Å². The number of benzene rings is 2. The molecule has 88 valence electrons. The number of hydrogen-bond acceptors (Lipinski definition) is 2. The SMILES string of the molecule is CCc1cccc(Oc2cccc(NC)c2)c1. The molecule has 2 nitrogen and oxygen atoms in total. The van der Waals surface area contributed by atoms with E-state index in [1.54, 1.807) is 0 Å². The van der Waals surface area contributed by atoms with E-state index in [-0.39, 0.29) is 0 Å². The Morgan fingerprint density at radius 2 is 1.71 bits per heavy atom. The highest BCUT2D eigenvalue weighted by Crippen LogP contribution is 2.24. The van der Waals surface area contributed by atoms with Crippen molar-refractivity contribution in [2.24, 2.45) is 0 Å². The van der Waals surface area contributed by atoms with Gasteiger partial charge in [-0.2, -0.15) is 0 Å². The Kier molecular flexibility index (Phi) is 3.66. The van der Waals surface area contributed by atoms with E-state index in [2.05, 4.69) is 24.4 Å². The van der Waals surface area contributed by atoms with Gasteiger partial charge in [0.1, 0.15) is 11.5 Å². The summed E-state index contributed by atoms with van der Waals surface area (Å²) in [4.78, 5) is 0. The fraction of sp³-hybridized carbons (Fsp3) is 0.200. The standard InChI is InChI=1S/C15H17NO/c1-3-12-6-4-8-14(10-12)17-15-9-5-7-13(11-15)16-2/h4-11,16H,3H2,1-2H3. The Hall–Kier alpha value is -1.96. The van der Waals surface area contributed by atoms with E-state index >= 15 is 0 Å². The predicted molar refractivity (Wildman–Crippen MR) is 71.9 cm³/mol. The zero-order valence-electron chi connectivity index (χ0n) is 10.2. The molecule has 0 spiro atoms. The van der Waals surface area contributed by atoms with Gasteiger partial charge in [-0.15, -0.1) is 0 Å². The van der Waals surface area contributed by atoms with Crippen LogP contribution in [0.15, 0.2) is 48.5 Å². The van der Waals surface area contributed by atoms with Crippen molar-refractivity contribution < 1.29 is 4.74 Å². The first-order valence-corrected chi connectivity index (χ1v) is 5.86. The van der Waals surface area contributed by atoms with Gasteiger partial charge in [0, 0.05) is 18.8 Å². The molecule has 2 aromatic carbocycles. The zero-order chi connectivity index (χ0) is 12.1. The van der Waals surface area contributed by atoms with Gasteiger partial charge in [-0.05, 0) is 36.2 Å². The minimum Gasteiger partial charge on any atom is -0.457 e. The summed E-state index contributed by atoms with van der Waals surface area (Å²) in [5.41, 5.74) is 2.33. The molecule has 0 heterocycles. The Morgan fingerprint density at radius 1 is 1.00 bits per heavy atom. The van der Waals surface area contributed by atoms with Crippen molar-refractivity contribution in [1.82, 2.24) is 0 Å². The lowest BCUT2D eigenvalue weighted by Crippen LogP contribution is -1.90. The average Bonchev–Trinajstić information content (AvgIpc) is 2.39. The largest absolute Gasteiger partial charge is 0.457 e. The summed E-state index contributed by atoms with van der Waals surface area (Å²) in [6.07, 6.45) is 1.02. The first-order valence-electron chi connectivity index (χ1n) is 5.86. The number of anilines is 1. The molecule has 0 saturated heterocycles. The topological polar surface area (TPSA) is 21.3 Å². The maximum absolute atomic E-state index is 5.82. The van der Waals surface area contributed by atoms with E-state index in [4.69, 9.17) is 4.74 Å². The van der Waals surface area contributed by atoms with Crippen molar-refractivity contribution in [2.45, 2.75) is 13.3 Å². The summed E-state index contributed by atoms with van der Waals surface area (Å²) >= 11 is 0. The molecule has 0 saturated carbocycles. The molecule has 2 rings (SSSR count). The number of ether oxygens (including phenoxy) is 1. The molecule has 2 aromatic rings. The summed E-state index contributed by atoms with van der Waals surface area (Å²) in [6, 6.07) is 16.1. The normalized spacial score (nSPS) is 10.0. The lowest BCUT2D eigenvalue weighted by atomic mass is 10.2. The molecular formula is C15H17NO. The fourth-order valence-electron chi connectivity index (χ4n) is 1.68. The van der Waals surface area contributed by atoms with E-state index < -0.39 is 0 Å².